The van der Waals surface area contributed by atoms with Crippen LogP contribution < -0.4 is 10.1 Å². The normalized spacial score (nSPS) is 13.3. The zero-order chi connectivity index (χ0) is 20.3. The predicted octanol–water partition coefficient (Wildman–Crippen LogP) is 4.51. The molecular weight excluding hydrogens is 385 g/mol. The van der Waals surface area contributed by atoms with Crippen LogP contribution in [0.15, 0.2) is 12.1 Å². The van der Waals surface area contributed by atoms with Gasteiger partial charge in [0.05, 0.1) is 24.8 Å². The maximum atomic E-state index is 14.9. The molecule has 1 aromatic carbocycles. The van der Waals surface area contributed by atoms with E-state index in [9.17, 15) is 9.18 Å². The third-order valence-corrected chi connectivity index (χ3v) is 4.93. The van der Waals surface area contributed by atoms with Crippen LogP contribution in [0.2, 0.25) is 5.02 Å². The molecule has 6 nitrogen and oxygen atoms in total. The quantitative estimate of drug-likeness (QED) is 0.649. The van der Waals surface area contributed by atoms with Gasteiger partial charge in [0.25, 0.3) is 0 Å². The van der Waals surface area contributed by atoms with Gasteiger partial charge < -0.3 is 14.8 Å². The van der Waals surface area contributed by atoms with E-state index in [-0.39, 0.29) is 27.9 Å². The van der Waals surface area contributed by atoms with Crippen molar-refractivity contribution in [1.82, 2.24) is 9.97 Å². The van der Waals surface area contributed by atoms with E-state index in [0.717, 1.165) is 13.0 Å². The van der Waals surface area contributed by atoms with Crippen LogP contribution >= 0.6 is 11.6 Å². The number of esters is 1. The lowest BCUT2D eigenvalue weighted by Gasteiger charge is -2.16. The summed E-state index contributed by atoms with van der Waals surface area (Å²) in [6, 6.07) is 2.98. The average molecular weight is 408 g/mol. The molecular formula is C20H23ClFN3O3. The average Bonchev–Trinajstić information content (AvgIpc) is 3.51. The Labute approximate surface area is 168 Å². The summed E-state index contributed by atoms with van der Waals surface area (Å²) in [7, 11) is 2.63. The maximum absolute atomic E-state index is 14.9. The number of hydrogen-bond acceptors (Lipinski definition) is 6. The molecule has 0 saturated heterocycles. The van der Waals surface area contributed by atoms with Crippen LogP contribution in [0.3, 0.4) is 0 Å². The number of rotatable bonds is 8. The fourth-order valence-corrected chi connectivity index (χ4v) is 3.18. The molecule has 1 N–H and O–H groups in total. The van der Waals surface area contributed by atoms with E-state index in [2.05, 4.69) is 15.3 Å². The van der Waals surface area contributed by atoms with Crippen molar-refractivity contribution in [3.05, 3.63) is 34.2 Å². The van der Waals surface area contributed by atoms with Gasteiger partial charge in [-0.25, -0.2) is 19.2 Å². The van der Waals surface area contributed by atoms with Crippen LogP contribution in [-0.4, -0.2) is 36.7 Å². The number of halogens is 2. The highest BCUT2D eigenvalue weighted by atomic mass is 35.5. The molecule has 0 radical (unpaired) electrons. The molecule has 28 heavy (non-hydrogen) atoms. The van der Waals surface area contributed by atoms with E-state index in [4.69, 9.17) is 21.1 Å². The predicted molar refractivity (Wildman–Crippen MR) is 106 cm³/mol. The van der Waals surface area contributed by atoms with Gasteiger partial charge in [0.1, 0.15) is 5.82 Å². The maximum Gasteiger partial charge on any atom is 0.357 e. The molecule has 0 unspecified atom stereocenters. The fourth-order valence-electron chi connectivity index (χ4n) is 2.96. The summed E-state index contributed by atoms with van der Waals surface area (Å²) >= 11 is 5.99. The molecule has 2 aromatic rings. The van der Waals surface area contributed by atoms with Gasteiger partial charge >= 0.3 is 5.97 Å². The Kier molecular flexibility index (Phi) is 6.34. The molecule has 0 amide bonds. The number of nitrogens with zero attached hydrogens (tertiary/aromatic N) is 2. The van der Waals surface area contributed by atoms with Gasteiger partial charge in [0, 0.05) is 12.1 Å². The molecule has 1 aliphatic rings. The first-order chi connectivity index (χ1) is 13.5. The van der Waals surface area contributed by atoms with E-state index in [1.165, 1.54) is 39.2 Å². The molecule has 1 aromatic heterocycles. The van der Waals surface area contributed by atoms with Crippen molar-refractivity contribution in [2.45, 2.75) is 32.6 Å². The fraction of sp³-hybridized carbons (Fsp3) is 0.450. The standard InChI is InChI=1S/C20H23ClFN3O3/c1-4-5-13-16(20(26)28-3)24-19(25-18(13)23-10-11-6-7-11)12-8-9-14(21)17(27-2)15(12)22/h8-9,11H,4-7,10H2,1-3H3,(H,23,24,25). The smallest absolute Gasteiger partial charge is 0.357 e. The Morgan fingerprint density at radius 3 is 2.68 bits per heavy atom. The van der Waals surface area contributed by atoms with Gasteiger partial charge in [0.15, 0.2) is 23.1 Å². The number of ether oxygens (including phenoxy) is 2. The number of carbonyl (C=O) groups excluding carboxylic acids is 1. The highest BCUT2D eigenvalue weighted by Crippen LogP contribution is 2.35. The summed E-state index contributed by atoms with van der Waals surface area (Å²) in [4.78, 5) is 21.3. The van der Waals surface area contributed by atoms with Crippen LogP contribution in [-0.2, 0) is 11.2 Å². The molecule has 1 saturated carbocycles. The zero-order valence-corrected chi connectivity index (χ0v) is 16.9. The van der Waals surface area contributed by atoms with Crippen LogP contribution in [0.4, 0.5) is 10.2 Å². The lowest BCUT2D eigenvalue weighted by Crippen LogP contribution is -2.16. The molecule has 0 bridgehead atoms. The van der Waals surface area contributed by atoms with Crippen LogP contribution in [0.25, 0.3) is 11.4 Å². The highest BCUT2D eigenvalue weighted by molar-refractivity contribution is 6.32. The number of nitrogens with one attached hydrogen (secondary N) is 1. The van der Waals surface area contributed by atoms with Crippen molar-refractivity contribution in [1.29, 1.82) is 0 Å². The van der Waals surface area contributed by atoms with Crippen LogP contribution in [0.5, 0.6) is 5.75 Å². The Morgan fingerprint density at radius 1 is 1.32 bits per heavy atom. The number of carbonyl (C=O) groups is 1. The lowest BCUT2D eigenvalue weighted by molar-refractivity contribution is 0.0592. The summed E-state index contributed by atoms with van der Waals surface area (Å²) in [6.07, 6.45) is 3.74. The number of anilines is 1. The zero-order valence-electron chi connectivity index (χ0n) is 16.1. The molecule has 1 fully saturated rings. The second-order valence-corrected chi connectivity index (χ2v) is 7.14. The molecule has 1 heterocycles. The largest absolute Gasteiger partial charge is 0.492 e. The van der Waals surface area contributed by atoms with Crippen molar-refractivity contribution in [2.24, 2.45) is 5.92 Å². The Morgan fingerprint density at radius 2 is 2.07 bits per heavy atom. The first-order valence-electron chi connectivity index (χ1n) is 9.25. The second kappa shape index (κ2) is 8.73. The lowest BCUT2D eigenvalue weighted by atomic mass is 10.1. The van der Waals surface area contributed by atoms with Gasteiger partial charge in [0.2, 0.25) is 0 Å². The van der Waals surface area contributed by atoms with Gasteiger partial charge in [-0.05, 0) is 37.3 Å². The number of aromatic nitrogens is 2. The minimum absolute atomic E-state index is 0.0750. The minimum Gasteiger partial charge on any atom is -0.492 e. The van der Waals surface area contributed by atoms with Crippen molar-refractivity contribution in [2.75, 3.05) is 26.1 Å². The monoisotopic (exact) mass is 407 g/mol. The Hall–Kier alpha value is -2.41. The Balaban J connectivity index is 2.15. The first kappa shape index (κ1) is 20.3. The first-order valence-corrected chi connectivity index (χ1v) is 9.63. The summed E-state index contributed by atoms with van der Waals surface area (Å²) in [6.45, 7) is 2.75. The number of methoxy groups -OCH3 is 2. The SMILES string of the molecule is CCCc1c(NCC2CC2)nc(-c2ccc(Cl)c(OC)c2F)nc1C(=O)OC. The highest BCUT2D eigenvalue weighted by Gasteiger charge is 2.26. The van der Waals surface area contributed by atoms with Crippen molar-refractivity contribution >= 4 is 23.4 Å². The molecule has 1 aliphatic carbocycles. The van der Waals surface area contributed by atoms with Gasteiger partial charge in [-0.2, -0.15) is 0 Å². The van der Waals surface area contributed by atoms with E-state index in [1.54, 1.807) is 0 Å². The van der Waals surface area contributed by atoms with Crippen LogP contribution in [0.1, 0.15) is 42.2 Å². The molecule has 0 aliphatic heterocycles. The van der Waals surface area contributed by atoms with E-state index in [1.807, 2.05) is 6.92 Å². The van der Waals surface area contributed by atoms with Crippen molar-refractivity contribution in [3.63, 3.8) is 0 Å². The van der Waals surface area contributed by atoms with Gasteiger partial charge in [-0.3, -0.25) is 0 Å². The van der Waals surface area contributed by atoms with Gasteiger partial charge in [-0.15, -0.1) is 0 Å². The molecule has 8 heteroatoms. The molecule has 150 valence electrons. The summed E-state index contributed by atoms with van der Waals surface area (Å²) in [5.41, 5.74) is 0.921. The molecule has 0 atom stereocenters. The van der Waals surface area contributed by atoms with E-state index >= 15 is 0 Å². The summed E-state index contributed by atoms with van der Waals surface area (Å²) in [5.74, 6) is -0.141. The molecule has 3 rings (SSSR count). The van der Waals surface area contributed by atoms with E-state index in [0.29, 0.717) is 23.7 Å². The van der Waals surface area contributed by atoms with Gasteiger partial charge in [-0.1, -0.05) is 24.9 Å². The topological polar surface area (TPSA) is 73.3 Å². The summed E-state index contributed by atoms with van der Waals surface area (Å²) < 4.78 is 24.9. The van der Waals surface area contributed by atoms with Crippen molar-refractivity contribution < 1.29 is 18.7 Å². The van der Waals surface area contributed by atoms with Crippen molar-refractivity contribution in [3.8, 4) is 17.1 Å². The van der Waals surface area contributed by atoms with Crippen LogP contribution in [0, 0.1) is 11.7 Å². The third kappa shape index (κ3) is 4.19. The van der Waals surface area contributed by atoms with E-state index < -0.39 is 11.8 Å². The summed E-state index contributed by atoms with van der Waals surface area (Å²) in [5, 5.41) is 3.46. The molecule has 0 spiro atoms. The minimum atomic E-state index is -0.679. The number of benzene rings is 1. The second-order valence-electron chi connectivity index (χ2n) is 6.73. The number of hydrogen-bond donors (Lipinski definition) is 1. The Bertz CT molecular complexity index is 887. The third-order valence-electron chi connectivity index (χ3n) is 4.64.